The lowest BCUT2D eigenvalue weighted by Gasteiger charge is -2.49. The molecule has 1 aliphatic rings. The third kappa shape index (κ3) is 4.22. The van der Waals surface area contributed by atoms with Crippen LogP contribution in [0, 0.1) is 0 Å². The fourth-order valence-corrected chi connectivity index (χ4v) is 7.52. The van der Waals surface area contributed by atoms with Gasteiger partial charge in [-0.25, -0.2) is 0 Å². The molecule has 218 valence electrons. The van der Waals surface area contributed by atoms with Crippen molar-refractivity contribution in [3.05, 3.63) is 163 Å². The number of anilines is 3. The fraction of sp³-hybridized carbons (Fsp3) is 0.136. The minimum atomic E-state index is -0.134. The maximum absolute atomic E-state index is 2.45. The van der Waals surface area contributed by atoms with Crippen LogP contribution in [0.3, 0.4) is 0 Å². The number of hydrogen-bond acceptors (Lipinski definition) is 1. The van der Waals surface area contributed by atoms with Gasteiger partial charge in [-0.15, -0.1) is 0 Å². The molecule has 0 bridgehead atoms. The molecule has 0 saturated heterocycles. The zero-order valence-corrected chi connectivity index (χ0v) is 26.4. The monoisotopic (exact) mass is 579 g/mol. The van der Waals surface area contributed by atoms with Gasteiger partial charge in [-0.2, -0.15) is 0 Å². The van der Waals surface area contributed by atoms with E-state index in [1.165, 1.54) is 60.6 Å². The molecule has 0 aromatic heterocycles. The van der Waals surface area contributed by atoms with Gasteiger partial charge < -0.3 is 4.90 Å². The second kappa shape index (κ2) is 10.2. The number of hydrogen-bond donors (Lipinski definition) is 0. The van der Waals surface area contributed by atoms with E-state index in [0.717, 1.165) is 11.4 Å². The van der Waals surface area contributed by atoms with Crippen LogP contribution in [0.15, 0.2) is 152 Å². The predicted molar refractivity (Wildman–Crippen MR) is 193 cm³/mol. The van der Waals surface area contributed by atoms with Crippen molar-refractivity contribution >= 4 is 38.6 Å². The summed E-state index contributed by atoms with van der Waals surface area (Å²) in [5.74, 6) is 0. The summed E-state index contributed by atoms with van der Waals surface area (Å²) < 4.78 is 0. The average molecular weight is 580 g/mol. The number of benzene rings is 7. The van der Waals surface area contributed by atoms with Crippen LogP contribution in [-0.2, 0) is 10.8 Å². The quantitative estimate of drug-likeness (QED) is 0.187. The van der Waals surface area contributed by atoms with Gasteiger partial charge >= 0.3 is 0 Å². The van der Waals surface area contributed by atoms with Crippen molar-refractivity contribution in [1.82, 2.24) is 0 Å². The molecular weight excluding hydrogens is 542 g/mol. The van der Waals surface area contributed by atoms with Gasteiger partial charge in [0.05, 0.1) is 0 Å². The summed E-state index contributed by atoms with van der Waals surface area (Å²) in [5, 5.41) is 5.33. The Balaban J connectivity index is 1.36. The highest BCUT2D eigenvalue weighted by Crippen LogP contribution is 2.57. The first kappa shape index (κ1) is 27.4. The van der Waals surface area contributed by atoms with Gasteiger partial charge in [0.25, 0.3) is 0 Å². The van der Waals surface area contributed by atoms with Crippen molar-refractivity contribution in [2.24, 2.45) is 0 Å². The highest BCUT2D eigenvalue weighted by Gasteiger charge is 2.47. The number of rotatable bonds is 4. The summed E-state index contributed by atoms with van der Waals surface area (Å²) >= 11 is 0. The van der Waals surface area contributed by atoms with Crippen LogP contribution < -0.4 is 4.90 Å². The number of fused-ring (bicyclic) bond motifs is 7. The Morgan fingerprint density at radius 3 is 1.82 bits per heavy atom. The zero-order valence-electron chi connectivity index (χ0n) is 26.4. The van der Waals surface area contributed by atoms with Gasteiger partial charge in [-0.05, 0) is 96.7 Å². The molecule has 1 aliphatic carbocycles. The van der Waals surface area contributed by atoms with Crippen LogP contribution in [0.1, 0.15) is 38.8 Å². The third-order valence-corrected chi connectivity index (χ3v) is 10.5. The van der Waals surface area contributed by atoms with Crippen molar-refractivity contribution in [2.45, 2.75) is 38.5 Å². The molecule has 8 rings (SSSR count). The molecule has 0 spiro atoms. The maximum Gasteiger partial charge on any atom is 0.0467 e. The lowest BCUT2D eigenvalue weighted by molar-refractivity contribution is 0.301. The minimum Gasteiger partial charge on any atom is -0.310 e. The van der Waals surface area contributed by atoms with Crippen LogP contribution in [0.25, 0.3) is 43.8 Å². The Kier molecular flexibility index (Phi) is 6.22. The second-order valence-electron chi connectivity index (χ2n) is 13.4. The van der Waals surface area contributed by atoms with Gasteiger partial charge in [0.2, 0.25) is 0 Å². The Bertz CT molecular complexity index is 2210. The van der Waals surface area contributed by atoms with E-state index >= 15 is 0 Å². The van der Waals surface area contributed by atoms with Crippen molar-refractivity contribution in [1.29, 1.82) is 0 Å². The van der Waals surface area contributed by atoms with Crippen LogP contribution in [0.4, 0.5) is 17.1 Å². The molecule has 0 heterocycles. The van der Waals surface area contributed by atoms with Crippen molar-refractivity contribution in [3.8, 4) is 22.3 Å². The molecule has 0 aliphatic heterocycles. The molecule has 45 heavy (non-hydrogen) atoms. The van der Waals surface area contributed by atoms with E-state index in [1.54, 1.807) is 0 Å². The molecule has 0 fully saturated rings. The Labute approximate surface area is 266 Å². The SMILES string of the molecule is CC1(C)c2cc(N(c3ccccc3)c3cccc(-c4ccccc4)c3)ccc2-c2ccc3ccc4ccccc4c3c2C1(C)C. The van der Waals surface area contributed by atoms with E-state index in [0.29, 0.717) is 0 Å². The van der Waals surface area contributed by atoms with E-state index in [2.05, 4.69) is 184 Å². The lowest BCUT2D eigenvalue weighted by atomic mass is 9.54. The summed E-state index contributed by atoms with van der Waals surface area (Å²) in [7, 11) is 0. The first-order chi connectivity index (χ1) is 21.8. The molecule has 7 aromatic carbocycles. The first-order valence-corrected chi connectivity index (χ1v) is 16.0. The molecule has 0 saturated carbocycles. The number of nitrogens with zero attached hydrogens (tertiary/aromatic N) is 1. The zero-order chi connectivity index (χ0) is 30.8. The predicted octanol–water partition coefficient (Wildman–Crippen LogP) is 12.4. The second-order valence-corrected chi connectivity index (χ2v) is 13.4. The van der Waals surface area contributed by atoms with Gasteiger partial charge in [0.1, 0.15) is 0 Å². The van der Waals surface area contributed by atoms with Crippen molar-refractivity contribution < 1.29 is 0 Å². The Hall–Kier alpha value is -5.14. The van der Waals surface area contributed by atoms with E-state index < -0.39 is 0 Å². The van der Waals surface area contributed by atoms with Crippen LogP contribution in [0.2, 0.25) is 0 Å². The normalized spacial score (nSPS) is 14.6. The third-order valence-electron chi connectivity index (χ3n) is 10.5. The topological polar surface area (TPSA) is 3.24 Å². The van der Waals surface area contributed by atoms with Crippen molar-refractivity contribution in [3.63, 3.8) is 0 Å². The fourth-order valence-electron chi connectivity index (χ4n) is 7.52. The molecule has 1 nitrogen and oxygen atoms in total. The summed E-state index contributed by atoms with van der Waals surface area (Å²) in [6.45, 7) is 9.76. The van der Waals surface area contributed by atoms with Gasteiger partial charge in [0.15, 0.2) is 0 Å². The van der Waals surface area contributed by atoms with Gasteiger partial charge in [0, 0.05) is 22.5 Å². The summed E-state index contributed by atoms with van der Waals surface area (Å²) in [4.78, 5) is 2.40. The molecule has 0 amide bonds. The largest absolute Gasteiger partial charge is 0.310 e. The molecule has 1 heteroatoms. The Morgan fingerprint density at radius 2 is 1.02 bits per heavy atom. The average Bonchev–Trinajstić information content (AvgIpc) is 3.08. The maximum atomic E-state index is 2.45. The standard InChI is InChI=1S/C44H37N/c1-43(2)40-29-36(45(34-18-9-6-10-19-34)35-20-13-17-33(28-35)30-14-7-5-8-15-30)25-27-38(40)39-26-24-32-23-22-31-16-11-12-21-37(31)41(32)42(39)44(43,3)4/h5-29H,1-4H3. The highest BCUT2D eigenvalue weighted by atomic mass is 15.1. The Morgan fingerprint density at radius 1 is 0.422 bits per heavy atom. The summed E-state index contributed by atoms with van der Waals surface area (Å²) in [6, 6.07) is 55.5. The smallest absolute Gasteiger partial charge is 0.0467 e. The van der Waals surface area contributed by atoms with Crippen molar-refractivity contribution in [2.75, 3.05) is 4.90 Å². The van der Waals surface area contributed by atoms with Crippen LogP contribution in [-0.4, -0.2) is 0 Å². The lowest BCUT2D eigenvalue weighted by Crippen LogP contribution is -2.43. The van der Waals surface area contributed by atoms with E-state index in [4.69, 9.17) is 0 Å². The van der Waals surface area contributed by atoms with Crippen LogP contribution >= 0.6 is 0 Å². The summed E-state index contributed by atoms with van der Waals surface area (Å²) in [5.41, 5.74) is 11.2. The number of para-hydroxylation sites is 1. The molecule has 0 radical (unpaired) electrons. The van der Waals surface area contributed by atoms with E-state index in [1.807, 2.05) is 0 Å². The minimum absolute atomic E-state index is 0.123. The highest BCUT2D eigenvalue weighted by molar-refractivity contribution is 6.12. The van der Waals surface area contributed by atoms with E-state index in [-0.39, 0.29) is 10.8 Å². The molecule has 0 atom stereocenters. The van der Waals surface area contributed by atoms with Gasteiger partial charge in [-0.1, -0.05) is 143 Å². The molecule has 7 aromatic rings. The van der Waals surface area contributed by atoms with Gasteiger partial charge in [-0.3, -0.25) is 0 Å². The molecular formula is C44H37N. The van der Waals surface area contributed by atoms with E-state index in [9.17, 15) is 0 Å². The molecule has 0 N–H and O–H groups in total. The summed E-state index contributed by atoms with van der Waals surface area (Å²) in [6.07, 6.45) is 0. The van der Waals surface area contributed by atoms with Crippen LogP contribution in [0.5, 0.6) is 0 Å². The first-order valence-electron chi connectivity index (χ1n) is 16.0. The molecule has 0 unspecified atom stereocenters.